The third-order valence-electron chi connectivity index (χ3n) is 7.46. The molecular formula is C32H61F3O2. The number of alkyl halides is 3. The first-order valence-corrected chi connectivity index (χ1v) is 16.2. The molecule has 0 fully saturated rings. The van der Waals surface area contributed by atoms with Crippen LogP contribution in [0, 0.1) is 0 Å². The quantitative estimate of drug-likeness (QED) is 0.0704. The van der Waals surface area contributed by atoms with E-state index in [0.29, 0.717) is 6.42 Å². The molecule has 0 spiro atoms. The molecule has 5 heteroatoms. The standard InChI is InChI=1S/C32H61F3O2/c1-2-3-4-5-6-7-8-9-10-11-12-13-14-15-16-17-18-19-20-21-22-23-24-25-26-27-28-29-30-37-31(36)32(33,34)35/h2-30H2,1H3. The highest BCUT2D eigenvalue weighted by atomic mass is 19.4. The maximum Gasteiger partial charge on any atom is 0.490 e. The Kier molecular flexibility index (Phi) is 27.7. The predicted molar refractivity (Wildman–Crippen MR) is 152 cm³/mol. The van der Waals surface area contributed by atoms with E-state index in [9.17, 15) is 18.0 Å². The van der Waals surface area contributed by atoms with Crippen molar-refractivity contribution in [2.75, 3.05) is 6.61 Å². The van der Waals surface area contributed by atoms with E-state index in [2.05, 4.69) is 11.7 Å². The average Bonchev–Trinajstić information content (AvgIpc) is 2.87. The van der Waals surface area contributed by atoms with Gasteiger partial charge in [0.2, 0.25) is 0 Å². The number of esters is 1. The first kappa shape index (κ1) is 36.3. The largest absolute Gasteiger partial charge is 0.490 e. The van der Waals surface area contributed by atoms with Crippen molar-refractivity contribution in [3.63, 3.8) is 0 Å². The Morgan fingerprint density at radius 3 is 0.865 bits per heavy atom. The molecular weight excluding hydrogens is 473 g/mol. The van der Waals surface area contributed by atoms with Gasteiger partial charge in [-0.1, -0.05) is 180 Å². The van der Waals surface area contributed by atoms with Gasteiger partial charge in [0.1, 0.15) is 0 Å². The van der Waals surface area contributed by atoms with Crippen LogP contribution in [-0.4, -0.2) is 18.8 Å². The van der Waals surface area contributed by atoms with E-state index < -0.39 is 12.1 Å². The van der Waals surface area contributed by atoms with Crippen LogP contribution in [0.4, 0.5) is 13.2 Å². The van der Waals surface area contributed by atoms with Crippen LogP contribution >= 0.6 is 0 Å². The maximum atomic E-state index is 12.0. The maximum absolute atomic E-state index is 12.0. The molecule has 0 rings (SSSR count). The van der Waals surface area contributed by atoms with Gasteiger partial charge in [-0.15, -0.1) is 0 Å². The minimum Gasteiger partial charge on any atom is -0.459 e. The lowest BCUT2D eigenvalue weighted by Crippen LogP contribution is -2.25. The Morgan fingerprint density at radius 1 is 0.432 bits per heavy atom. The molecule has 37 heavy (non-hydrogen) atoms. The zero-order chi connectivity index (χ0) is 27.3. The summed E-state index contributed by atoms with van der Waals surface area (Å²) < 4.78 is 40.2. The Balaban J connectivity index is 3.08. The Morgan fingerprint density at radius 2 is 0.649 bits per heavy atom. The molecule has 2 nitrogen and oxygen atoms in total. The van der Waals surface area contributed by atoms with E-state index in [1.54, 1.807) is 0 Å². The molecule has 0 radical (unpaired) electrons. The molecule has 0 unspecified atom stereocenters. The van der Waals surface area contributed by atoms with Gasteiger partial charge in [-0.05, 0) is 6.42 Å². The van der Waals surface area contributed by atoms with Crippen LogP contribution in [0.15, 0.2) is 0 Å². The fraction of sp³-hybridized carbons (Fsp3) is 0.969. The first-order chi connectivity index (χ1) is 18.0. The van der Waals surface area contributed by atoms with Crippen LogP contribution in [0.25, 0.3) is 0 Å². The molecule has 0 amide bonds. The molecule has 0 saturated carbocycles. The average molecular weight is 535 g/mol. The van der Waals surface area contributed by atoms with Crippen molar-refractivity contribution in [2.45, 2.75) is 193 Å². The normalized spacial score (nSPS) is 11.8. The van der Waals surface area contributed by atoms with Gasteiger partial charge in [0.15, 0.2) is 0 Å². The van der Waals surface area contributed by atoms with Gasteiger partial charge < -0.3 is 4.74 Å². The van der Waals surface area contributed by atoms with Crippen molar-refractivity contribution < 1.29 is 22.7 Å². The van der Waals surface area contributed by atoms with Crippen molar-refractivity contribution in [2.24, 2.45) is 0 Å². The van der Waals surface area contributed by atoms with E-state index in [-0.39, 0.29) is 6.61 Å². The second-order valence-corrected chi connectivity index (χ2v) is 11.2. The summed E-state index contributed by atoms with van der Waals surface area (Å²) in [6, 6.07) is 0. The topological polar surface area (TPSA) is 26.3 Å². The third-order valence-corrected chi connectivity index (χ3v) is 7.46. The fourth-order valence-electron chi connectivity index (χ4n) is 5.02. The molecule has 0 N–H and O–H groups in total. The van der Waals surface area contributed by atoms with Gasteiger partial charge in [-0.2, -0.15) is 13.2 Å². The van der Waals surface area contributed by atoms with Crippen molar-refractivity contribution in [3.05, 3.63) is 0 Å². The number of unbranched alkanes of at least 4 members (excludes halogenated alkanes) is 27. The zero-order valence-electron chi connectivity index (χ0n) is 24.5. The van der Waals surface area contributed by atoms with Crippen LogP contribution in [-0.2, 0) is 9.53 Å². The summed E-state index contributed by atoms with van der Waals surface area (Å²) >= 11 is 0. The second-order valence-electron chi connectivity index (χ2n) is 11.2. The van der Waals surface area contributed by atoms with E-state index in [1.807, 2.05) is 0 Å². The van der Waals surface area contributed by atoms with Gasteiger partial charge in [0.05, 0.1) is 6.61 Å². The smallest absolute Gasteiger partial charge is 0.459 e. The summed E-state index contributed by atoms with van der Waals surface area (Å²) in [4.78, 5) is 10.6. The molecule has 0 aliphatic carbocycles. The highest BCUT2D eigenvalue weighted by molar-refractivity contribution is 5.75. The lowest BCUT2D eigenvalue weighted by Gasteiger charge is -2.07. The van der Waals surface area contributed by atoms with Gasteiger partial charge in [0, 0.05) is 0 Å². The van der Waals surface area contributed by atoms with Gasteiger partial charge in [0.25, 0.3) is 0 Å². The van der Waals surface area contributed by atoms with E-state index in [0.717, 1.165) is 19.3 Å². The monoisotopic (exact) mass is 534 g/mol. The molecule has 0 bridgehead atoms. The number of carbonyl (C=O) groups is 1. The number of ether oxygens (including phenoxy) is 1. The van der Waals surface area contributed by atoms with Crippen LogP contribution in [0.5, 0.6) is 0 Å². The Hall–Kier alpha value is -0.740. The summed E-state index contributed by atoms with van der Waals surface area (Å²) in [5.74, 6) is -2.07. The minimum absolute atomic E-state index is 0.127. The van der Waals surface area contributed by atoms with Crippen molar-refractivity contribution in [1.82, 2.24) is 0 Å². The van der Waals surface area contributed by atoms with Crippen LogP contribution in [0.1, 0.15) is 187 Å². The van der Waals surface area contributed by atoms with Gasteiger partial charge in [-0.25, -0.2) is 4.79 Å². The number of carbonyl (C=O) groups excluding carboxylic acids is 1. The van der Waals surface area contributed by atoms with Gasteiger partial charge >= 0.3 is 12.1 Å². The highest BCUT2D eigenvalue weighted by Crippen LogP contribution is 2.18. The molecule has 0 saturated heterocycles. The fourth-order valence-corrected chi connectivity index (χ4v) is 5.02. The van der Waals surface area contributed by atoms with Crippen LogP contribution < -0.4 is 0 Å². The van der Waals surface area contributed by atoms with E-state index >= 15 is 0 Å². The van der Waals surface area contributed by atoms with Crippen molar-refractivity contribution >= 4 is 5.97 Å². The van der Waals surface area contributed by atoms with Crippen LogP contribution in [0.3, 0.4) is 0 Å². The predicted octanol–water partition coefficient (Wildman–Crippen LogP) is 12.0. The van der Waals surface area contributed by atoms with Gasteiger partial charge in [-0.3, -0.25) is 0 Å². The summed E-state index contributed by atoms with van der Waals surface area (Å²) in [7, 11) is 0. The molecule has 0 aromatic heterocycles. The Bertz CT molecular complexity index is 465. The molecule has 0 aliphatic rings. The molecule has 0 aromatic rings. The number of hydrogen-bond donors (Lipinski definition) is 0. The molecule has 0 aliphatic heterocycles. The minimum atomic E-state index is -4.87. The SMILES string of the molecule is CCCCCCCCCCCCCCCCCCCCCCCCCCCCCCOC(=O)C(F)(F)F. The molecule has 0 aromatic carbocycles. The number of rotatable bonds is 29. The summed E-state index contributed by atoms with van der Waals surface area (Å²) in [5.41, 5.74) is 0. The third kappa shape index (κ3) is 29.7. The number of hydrogen-bond acceptors (Lipinski definition) is 2. The molecule has 222 valence electrons. The lowest BCUT2D eigenvalue weighted by atomic mass is 10.0. The van der Waals surface area contributed by atoms with E-state index in [1.165, 1.54) is 154 Å². The summed E-state index contributed by atoms with van der Waals surface area (Å²) in [6.45, 7) is 2.16. The Labute approximate surface area is 228 Å². The highest BCUT2D eigenvalue weighted by Gasteiger charge is 2.40. The first-order valence-electron chi connectivity index (χ1n) is 16.2. The lowest BCUT2D eigenvalue weighted by molar-refractivity contribution is -0.199. The molecule has 0 atom stereocenters. The summed E-state index contributed by atoms with van der Waals surface area (Å²) in [6.07, 6.45) is 32.1. The van der Waals surface area contributed by atoms with Crippen molar-refractivity contribution in [3.8, 4) is 0 Å². The van der Waals surface area contributed by atoms with E-state index in [4.69, 9.17) is 0 Å². The van der Waals surface area contributed by atoms with Crippen molar-refractivity contribution in [1.29, 1.82) is 0 Å². The second kappa shape index (κ2) is 28.3. The number of halogens is 3. The summed E-state index contributed by atoms with van der Waals surface area (Å²) in [5, 5.41) is 0. The van der Waals surface area contributed by atoms with Crippen LogP contribution in [0.2, 0.25) is 0 Å². The molecule has 0 heterocycles. The zero-order valence-corrected chi connectivity index (χ0v) is 24.5.